The summed E-state index contributed by atoms with van der Waals surface area (Å²) in [6.45, 7) is 4.96. The van der Waals surface area contributed by atoms with E-state index < -0.39 is 0 Å². The molecule has 17 heavy (non-hydrogen) atoms. The maximum absolute atomic E-state index is 12.3. The van der Waals surface area contributed by atoms with Gasteiger partial charge in [0.25, 0.3) is 0 Å². The first-order chi connectivity index (χ1) is 8.15. The highest BCUT2D eigenvalue weighted by molar-refractivity contribution is 9.10. The minimum Gasteiger partial charge on any atom is -0.311 e. The van der Waals surface area contributed by atoms with E-state index in [4.69, 9.17) is 0 Å². The standard InChI is InChI=1S/C14H18BrNO/c1-3-12(15)14(17)16-9-5-8-11-7-4-6-10(2)13(11)16/h4,6-7,12H,3,5,8-9H2,1-2H3. The van der Waals surface area contributed by atoms with E-state index in [0.29, 0.717) is 0 Å². The Morgan fingerprint density at radius 2 is 2.29 bits per heavy atom. The van der Waals surface area contributed by atoms with Gasteiger partial charge >= 0.3 is 0 Å². The summed E-state index contributed by atoms with van der Waals surface area (Å²) in [6.07, 6.45) is 2.97. The normalized spacial score (nSPS) is 16.5. The maximum Gasteiger partial charge on any atom is 0.240 e. The molecular weight excluding hydrogens is 278 g/mol. The molecule has 1 heterocycles. The zero-order valence-electron chi connectivity index (χ0n) is 10.4. The van der Waals surface area contributed by atoms with Crippen molar-refractivity contribution in [2.75, 3.05) is 11.4 Å². The van der Waals surface area contributed by atoms with Crippen LogP contribution in [0.1, 0.15) is 30.9 Å². The Morgan fingerprint density at radius 1 is 1.53 bits per heavy atom. The first-order valence-electron chi connectivity index (χ1n) is 6.19. The van der Waals surface area contributed by atoms with Gasteiger partial charge in [0.15, 0.2) is 0 Å². The molecule has 1 unspecified atom stereocenters. The fourth-order valence-corrected chi connectivity index (χ4v) is 2.66. The van der Waals surface area contributed by atoms with E-state index >= 15 is 0 Å². The Hall–Kier alpha value is -0.830. The lowest BCUT2D eigenvalue weighted by Crippen LogP contribution is -2.40. The number of amides is 1. The average Bonchev–Trinajstić information content (AvgIpc) is 2.36. The molecule has 1 aromatic carbocycles. The smallest absolute Gasteiger partial charge is 0.240 e. The Labute approximate surface area is 111 Å². The number of fused-ring (bicyclic) bond motifs is 1. The Morgan fingerprint density at radius 3 is 3.00 bits per heavy atom. The van der Waals surface area contributed by atoms with Crippen molar-refractivity contribution < 1.29 is 4.79 Å². The second-order valence-electron chi connectivity index (χ2n) is 4.55. The van der Waals surface area contributed by atoms with Gasteiger partial charge in [0.05, 0.1) is 4.83 Å². The number of carbonyl (C=O) groups excluding carboxylic acids is 1. The van der Waals surface area contributed by atoms with E-state index in [-0.39, 0.29) is 10.7 Å². The van der Waals surface area contributed by atoms with Gasteiger partial charge in [0.2, 0.25) is 5.91 Å². The molecule has 0 radical (unpaired) electrons. The summed E-state index contributed by atoms with van der Waals surface area (Å²) in [4.78, 5) is 14.2. The SMILES string of the molecule is CCC(Br)C(=O)N1CCCc2cccc(C)c21. The van der Waals surface area contributed by atoms with E-state index in [1.807, 2.05) is 11.8 Å². The molecule has 3 heteroatoms. The third-order valence-corrected chi connectivity index (χ3v) is 4.35. The van der Waals surface area contributed by atoms with Crippen molar-refractivity contribution in [2.24, 2.45) is 0 Å². The zero-order valence-corrected chi connectivity index (χ0v) is 12.0. The van der Waals surface area contributed by atoms with Crippen molar-refractivity contribution in [3.63, 3.8) is 0 Å². The van der Waals surface area contributed by atoms with Crippen molar-refractivity contribution in [1.82, 2.24) is 0 Å². The number of aryl methyl sites for hydroxylation is 2. The topological polar surface area (TPSA) is 20.3 Å². The third-order valence-electron chi connectivity index (χ3n) is 3.31. The fraction of sp³-hybridized carbons (Fsp3) is 0.500. The highest BCUT2D eigenvalue weighted by Gasteiger charge is 2.27. The summed E-state index contributed by atoms with van der Waals surface area (Å²) in [6, 6.07) is 6.30. The first kappa shape index (κ1) is 12.6. The quantitative estimate of drug-likeness (QED) is 0.766. The predicted octanol–water partition coefficient (Wildman–Crippen LogP) is 3.45. The van der Waals surface area contributed by atoms with Crippen LogP contribution < -0.4 is 4.90 Å². The highest BCUT2D eigenvalue weighted by Crippen LogP contribution is 2.31. The third kappa shape index (κ3) is 2.39. The van der Waals surface area contributed by atoms with Crippen LogP contribution in [0.4, 0.5) is 5.69 Å². The van der Waals surface area contributed by atoms with Gasteiger partial charge in [0, 0.05) is 12.2 Å². The molecule has 0 aromatic heterocycles. The summed E-state index contributed by atoms with van der Waals surface area (Å²) in [7, 11) is 0. The lowest BCUT2D eigenvalue weighted by atomic mass is 9.98. The minimum absolute atomic E-state index is 0.0620. The number of carbonyl (C=O) groups is 1. The van der Waals surface area contributed by atoms with Crippen LogP contribution >= 0.6 is 15.9 Å². The number of benzene rings is 1. The van der Waals surface area contributed by atoms with Gasteiger partial charge in [-0.15, -0.1) is 0 Å². The van der Waals surface area contributed by atoms with Crippen LogP contribution in [0.2, 0.25) is 0 Å². The molecule has 1 aromatic rings. The molecule has 0 N–H and O–H groups in total. The summed E-state index contributed by atoms with van der Waals surface area (Å²) in [5.41, 5.74) is 3.65. The molecule has 1 atom stereocenters. The van der Waals surface area contributed by atoms with Gasteiger partial charge in [-0.25, -0.2) is 0 Å². The van der Waals surface area contributed by atoms with E-state index in [1.54, 1.807) is 0 Å². The number of anilines is 1. The zero-order chi connectivity index (χ0) is 12.4. The van der Waals surface area contributed by atoms with E-state index in [1.165, 1.54) is 11.1 Å². The maximum atomic E-state index is 12.3. The van der Waals surface area contributed by atoms with Crippen molar-refractivity contribution in [3.8, 4) is 0 Å². The van der Waals surface area contributed by atoms with Crippen LogP contribution in [0, 0.1) is 6.92 Å². The van der Waals surface area contributed by atoms with Crippen LogP contribution in [0.3, 0.4) is 0 Å². The van der Waals surface area contributed by atoms with Crippen molar-refractivity contribution >= 4 is 27.5 Å². The molecule has 0 aliphatic carbocycles. The van der Waals surface area contributed by atoms with Gasteiger partial charge < -0.3 is 4.90 Å². The van der Waals surface area contributed by atoms with E-state index in [9.17, 15) is 4.79 Å². The van der Waals surface area contributed by atoms with E-state index in [0.717, 1.165) is 31.5 Å². The number of para-hydroxylation sites is 1. The number of nitrogens with zero attached hydrogens (tertiary/aromatic N) is 1. The van der Waals surface area contributed by atoms with Gasteiger partial charge in [-0.1, -0.05) is 41.1 Å². The average molecular weight is 296 g/mol. The lowest BCUT2D eigenvalue weighted by molar-refractivity contribution is -0.118. The molecular formula is C14H18BrNO. The molecule has 0 saturated carbocycles. The Bertz CT molecular complexity index is 430. The molecule has 0 fully saturated rings. The molecule has 92 valence electrons. The first-order valence-corrected chi connectivity index (χ1v) is 7.10. The highest BCUT2D eigenvalue weighted by atomic mass is 79.9. The molecule has 1 amide bonds. The molecule has 0 spiro atoms. The van der Waals surface area contributed by atoms with Gasteiger partial charge in [0.1, 0.15) is 0 Å². The van der Waals surface area contributed by atoms with Crippen LogP contribution in [-0.2, 0) is 11.2 Å². The predicted molar refractivity (Wildman–Crippen MR) is 74.9 cm³/mol. The van der Waals surface area contributed by atoms with E-state index in [2.05, 4.69) is 41.1 Å². The lowest BCUT2D eigenvalue weighted by Gasteiger charge is -2.32. The van der Waals surface area contributed by atoms with Crippen LogP contribution in [-0.4, -0.2) is 17.3 Å². The molecule has 0 saturated heterocycles. The van der Waals surface area contributed by atoms with Gasteiger partial charge in [-0.05, 0) is 37.3 Å². The second-order valence-corrected chi connectivity index (χ2v) is 5.66. The Balaban J connectivity index is 2.37. The summed E-state index contributed by atoms with van der Waals surface area (Å²) < 4.78 is 0. The van der Waals surface area contributed by atoms with Crippen molar-refractivity contribution in [1.29, 1.82) is 0 Å². The molecule has 1 aliphatic rings. The number of hydrogen-bond acceptors (Lipinski definition) is 1. The second kappa shape index (κ2) is 5.21. The van der Waals surface area contributed by atoms with Crippen molar-refractivity contribution in [2.45, 2.75) is 37.9 Å². The monoisotopic (exact) mass is 295 g/mol. The fourth-order valence-electron chi connectivity index (χ4n) is 2.41. The van der Waals surface area contributed by atoms with Gasteiger partial charge in [-0.2, -0.15) is 0 Å². The minimum atomic E-state index is -0.0620. The van der Waals surface area contributed by atoms with Crippen LogP contribution in [0.25, 0.3) is 0 Å². The number of rotatable bonds is 2. The van der Waals surface area contributed by atoms with Gasteiger partial charge in [-0.3, -0.25) is 4.79 Å². The van der Waals surface area contributed by atoms with Crippen LogP contribution in [0.5, 0.6) is 0 Å². The van der Waals surface area contributed by atoms with Crippen LogP contribution in [0.15, 0.2) is 18.2 Å². The summed E-state index contributed by atoms with van der Waals surface area (Å²) in [5, 5.41) is 0. The summed E-state index contributed by atoms with van der Waals surface area (Å²) in [5.74, 6) is 0.197. The number of hydrogen-bond donors (Lipinski definition) is 0. The van der Waals surface area contributed by atoms with Crippen molar-refractivity contribution in [3.05, 3.63) is 29.3 Å². The molecule has 2 rings (SSSR count). The largest absolute Gasteiger partial charge is 0.311 e. The Kier molecular flexibility index (Phi) is 3.87. The number of alkyl halides is 1. The number of halogens is 1. The molecule has 2 nitrogen and oxygen atoms in total. The molecule has 1 aliphatic heterocycles. The summed E-state index contributed by atoms with van der Waals surface area (Å²) >= 11 is 3.46. The molecule has 0 bridgehead atoms.